The summed E-state index contributed by atoms with van der Waals surface area (Å²) in [6, 6.07) is 20.0. The van der Waals surface area contributed by atoms with Crippen LogP contribution in [0.4, 0.5) is 5.69 Å². The van der Waals surface area contributed by atoms with E-state index in [1.807, 2.05) is 37.3 Å². The lowest BCUT2D eigenvalue weighted by molar-refractivity contribution is 0.267. The van der Waals surface area contributed by atoms with Crippen LogP contribution in [0.5, 0.6) is 11.5 Å². The van der Waals surface area contributed by atoms with Gasteiger partial charge < -0.3 is 14.8 Å². The first-order valence-corrected chi connectivity index (χ1v) is 11.6. The lowest BCUT2D eigenvalue weighted by Gasteiger charge is -2.20. The van der Waals surface area contributed by atoms with Crippen molar-refractivity contribution in [2.75, 3.05) is 11.9 Å². The van der Waals surface area contributed by atoms with Crippen LogP contribution in [-0.2, 0) is 16.6 Å². The monoisotopic (exact) mass is 486 g/mol. The zero-order chi connectivity index (χ0) is 21.1. The molecule has 4 rings (SSSR count). The van der Waals surface area contributed by atoms with Gasteiger partial charge in [-0.1, -0.05) is 42.5 Å². The molecule has 0 spiro atoms. The molecule has 1 N–H and O–H groups in total. The summed E-state index contributed by atoms with van der Waals surface area (Å²) in [5, 5.41) is 3.10. The van der Waals surface area contributed by atoms with Crippen LogP contribution in [0.15, 0.2) is 80.5 Å². The smallest absolute Gasteiger partial charge is 0.286 e. The van der Waals surface area contributed by atoms with E-state index < -0.39 is 10.0 Å². The molecule has 0 saturated heterocycles. The van der Waals surface area contributed by atoms with Gasteiger partial charge in [-0.05, 0) is 52.7 Å². The number of nitrogens with zero attached hydrogens (tertiary/aromatic N) is 1. The minimum absolute atomic E-state index is 0.153. The molecule has 8 heteroatoms. The summed E-state index contributed by atoms with van der Waals surface area (Å²) in [4.78, 5) is 0.153. The van der Waals surface area contributed by atoms with Gasteiger partial charge in [0.25, 0.3) is 10.0 Å². The van der Waals surface area contributed by atoms with Crippen molar-refractivity contribution in [3.05, 3.63) is 82.3 Å². The molecule has 1 aliphatic rings. The topological polar surface area (TPSA) is 77.0 Å². The summed E-state index contributed by atoms with van der Waals surface area (Å²) in [5.74, 6) is 1.27. The zero-order valence-corrected chi connectivity index (χ0v) is 18.5. The van der Waals surface area contributed by atoms with E-state index in [-0.39, 0.29) is 10.7 Å². The predicted octanol–water partition coefficient (Wildman–Crippen LogP) is 4.99. The first-order chi connectivity index (χ1) is 14.5. The molecule has 0 radical (unpaired) electrons. The van der Waals surface area contributed by atoms with E-state index in [0.29, 0.717) is 40.4 Å². The van der Waals surface area contributed by atoms with Gasteiger partial charge in [0.05, 0.1) is 16.8 Å². The Hall–Kier alpha value is -2.84. The Kier molecular flexibility index (Phi) is 5.78. The van der Waals surface area contributed by atoms with Crippen molar-refractivity contribution in [2.24, 2.45) is 4.40 Å². The van der Waals surface area contributed by atoms with E-state index >= 15 is 0 Å². The van der Waals surface area contributed by atoms with Crippen molar-refractivity contribution in [2.45, 2.75) is 18.4 Å². The van der Waals surface area contributed by atoms with Crippen molar-refractivity contribution in [3.8, 4) is 11.5 Å². The van der Waals surface area contributed by atoms with E-state index in [1.165, 1.54) is 6.07 Å². The lowest BCUT2D eigenvalue weighted by atomic mass is 10.1. The number of fused-ring (bicyclic) bond motifs is 1. The number of sulfonamides is 1. The number of benzene rings is 3. The number of halogens is 1. The number of amidine groups is 1. The van der Waals surface area contributed by atoms with Crippen molar-refractivity contribution >= 4 is 37.5 Å². The lowest BCUT2D eigenvalue weighted by Crippen LogP contribution is -2.22. The second-order valence-corrected chi connectivity index (χ2v) is 8.96. The van der Waals surface area contributed by atoms with Crippen LogP contribution in [0.2, 0.25) is 0 Å². The quantitative estimate of drug-likeness (QED) is 0.531. The zero-order valence-electron chi connectivity index (χ0n) is 16.1. The third-order valence-corrected chi connectivity index (χ3v) is 6.36. The van der Waals surface area contributed by atoms with E-state index in [1.54, 1.807) is 30.3 Å². The molecule has 0 unspecified atom stereocenters. The van der Waals surface area contributed by atoms with E-state index in [4.69, 9.17) is 9.47 Å². The molecule has 6 nitrogen and oxygen atoms in total. The van der Waals surface area contributed by atoms with E-state index in [9.17, 15) is 8.42 Å². The molecule has 3 aromatic rings. The first kappa shape index (κ1) is 20.4. The molecular weight excluding hydrogens is 468 g/mol. The third kappa shape index (κ3) is 4.20. The van der Waals surface area contributed by atoms with Gasteiger partial charge in [0.1, 0.15) is 11.5 Å². The molecule has 154 valence electrons. The molecule has 0 atom stereocenters. The number of anilines is 1. The van der Waals surface area contributed by atoms with Gasteiger partial charge in [0.15, 0.2) is 17.3 Å². The largest absolute Gasteiger partial charge is 0.490 e. The van der Waals surface area contributed by atoms with E-state index in [0.717, 1.165) is 5.56 Å². The average molecular weight is 487 g/mol. The van der Waals surface area contributed by atoms with Gasteiger partial charge in [-0.3, -0.25) is 0 Å². The van der Waals surface area contributed by atoms with Crippen molar-refractivity contribution in [1.29, 1.82) is 0 Å². The Morgan fingerprint density at radius 3 is 2.50 bits per heavy atom. The van der Waals surface area contributed by atoms with Crippen LogP contribution in [0.25, 0.3) is 0 Å². The summed E-state index contributed by atoms with van der Waals surface area (Å²) in [6.45, 7) is 2.68. The van der Waals surface area contributed by atoms with Gasteiger partial charge in [0, 0.05) is 5.56 Å². The Balaban J connectivity index is 1.69. The fourth-order valence-corrected chi connectivity index (χ4v) is 4.77. The number of hydrogen-bond donors (Lipinski definition) is 1. The minimum Gasteiger partial charge on any atom is -0.490 e. The SMILES string of the molecule is CCOc1cc(C2=NS(=O)(=O)c3ccccc3N2)cc(Br)c1OCc1ccccc1. The van der Waals surface area contributed by atoms with Crippen molar-refractivity contribution in [1.82, 2.24) is 0 Å². The molecule has 0 fully saturated rings. The maximum absolute atomic E-state index is 12.6. The fourth-order valence-electron chi connectivity index (χ4n) is 3.08. The number of hydrogen-bond acceptors (Lipinski definition) is 5. The number of rotatable bonds is 6. The molecule has 0 amide bonds. The molecule has 0 saturated carbocycles. The Morgan fingerprint density at radius 1 is 1.00 bits per heavy atom. The van der Waals surface area contributed by atoms with Gasteiger partial charge in [-0.25, -0.2) is 0 Å². The van der Waals surface area contributed by atoms with Crippen LogP contribution >= 0.6 is 15.9 Å². The summed E-state index contributed by atoms with van der Waals surface area (Å²) < 4.78 is 41.5. The first-order valence-electron chi connectivity index (χ1n) is 9.32. The summed E-state index contributed by atoms with van der Waals surface area (Å²) in [5.41, 5.74) is 2.08. The molecule has 1 heterocycles. The Bertz CT molecular complexity index is 1210. The standard InChI is InChI=1S/C22H19BrN2O4S/c1-2-28-19-13-16(12-17(23)21(19)29-14-15-8-4-3-5-9-15)22-24-18-10-6-7-11-20(18)30(26,27)25-22/h3-13H,2,14H2,1H3,(H,24,25). The Labute approximate surface area is 183 Å². The maximum atomic E-state index is 12.6. The molecule has 3 aromatic carbocycles. The van der Waals surface area contributed by atoms with Gasteiger partial charge >= 0.3 is 0 Å². The van der Waals surface area contributed by atoms with Crippen LogP contribution < -0.4 is 14.8 Å². The third-order valence-electron chi connectivity index (χ3n) is 4.44. The maximum Gasteiger partial charge on any atom is 0.286 e. The second kappa shape index (κ2) is 8.49. The molecule has 1 aliphatic heterocycles. The van der Waals surface area contributed by atoms with E-state index in [2.05, 4.69) is 25.6 Å². The highest BCUT2D eigenvalue weighted by atomic mass is 79.9. The molecule has 0 aromatic heterocycles. The molecule has 0 aliphatic carbocycles. The minimum atomic E-state index is -3.80. The molecule has 30 heavy (non-hydrogen) atoms. The summed E-state index contributed by atoms with van der Waals surface area (Å²) in [7, 11) is -3.80. The van der Waals surface area contributed by atoms with Gasteiger partial charge in [0.2, 0.25) is 0 Å². The van der Waals surface area contributed by atoms with Crippen LogP contribution in [0, 0.1) is 0 Å². The highest BCUT2D eigenvalue weighted by molar-refractivity contribution is 9.10. The summed E-state index contributed by atoms with van der Waals surface area (Å²) in [6.07, 6.45) is 0. The number of ether oxygens (including phenoxy) is 2. The van der Waals surface area contributed by atoms with Crippen LogP contribution in [-0.4, -0.2) is 20.9 Å². The normalized spacial score (nSPS) is 14.3. The molecular formula is C22H19BrN2O4S. The fraction of sp³-hybridized carbons (Fsp3) is 0.136. The van der Waals surface area contributed by atoms with Crippen LogP contribution in [0.1, 0.15) is 18.1 Å². The highest BCUT2D eigenvalue weighted by Crippen LogP contribution is 2.38. The van der Waals surface area contributed by atoms with Crippen molar-refractivity contribution in [3.63, 3.8) is 0 Å². The van der Waals surface area contributed by atoms with Gasteiger partial charge in [-0.15, -0.1) is 4.40 Å². The average Bonchev–Trinajstić information content (AvgIpc) is 2.73. The second-order valence-electron chi connectivity index (χ2n) is 6.53. The predicted molar refractivity (Wildman–Crippen MR) is 120 cm³/mol. The van der Waals surface area contributed by atoms with Crippen molar-refractivity contribution < 1.29 is 17.9 Å². The van der Waals surface area contributed by atoms with Crippen LogP contribution in [0.3, 0.4) is 0 Å². The number of nitrogens with one attached hydrogen (secondary N) is 1. The Morgan fingerprint density at radius 2 is 1.73 bits per heavy atom. The number of para-hydroxylation sites is 1. The highest BCUT2D eigenvalue weighted by Gasteiger charge is 2.26. The van der Waals surface area contributed by atoms with Gasteiger partial charge in [-0.2, -0.15) is 8.42 Å². The molecule has 0 bridgehead atoms. The summed E-state index contributed by atoms with van der Waals surface area (Å²) >= 11 is 3.53.